The van der Waals surface area contributed by atoms with Gasteiger partial charge in [-0.05, 0) is 25.1 Å². The molecule has 128 valence electrons. The van der Waals surface area contributed by atoms with Crippen molar-refractivity contribution in [2.24, 2.45) is 0 Å². The van der Waals surface area contributed by atoms with Crippen molar-refractivity contribution in [2.75, 3.05) is 7.11 Å². The SMILES string of the molecule is COC(=O)c1occc1COC(=O)c1nc(-c2ccccc2)oc1C. The highest BCUT2D eigenvalue weighted by Crippen LogP contribution is 2.22. The standard InChI is InChI=1S/C18H15NO6/c1-11-14(19-16(25-11)12-6-4-3-5-7-12)17(20)24-10-13-8-9-23-15(13)18(21)22-2/h3-9H,10H2,1-2H3. The normalized spacial score (nSPS) is 10.5. The number of carbonyl (C=O) groups is 2. The number of ether oxygens (including phenoxy) is 2. The first-order valence-corrected chi connectivity index (χ1v) is 7.44. The number of carbonyl (C=O) groups excluding carboxylic acids is 2. The zero-order valence-electron chi connectivity index (χ0n) is 13.6. The zero-order valence-corrected chi connectivity index (χ0v) is 13.6. The number of aryl methyl sites for hydroxylation is 1. The lowest BCUT2D eigenvalue weighted by Crippen LogP contribution is -2.09. The van der Waals surface area contributed by atoms with E-state index in [9.17, 15) is 9.59 Å². The van der Waals surface area contributed by atoms with E-state index in [0.29, 0.717) is 17.2 Å². The Kier molecular flexibility index (Phi) is 4.65. The van der Waals surface area contributed by atoms with Gasteiger partial charge in [-0.2, -0.15) is 0 Å². The van der Waals surface area contributed by atoms with Gasteiger partial charge in [-0.25, -0.2) is 14.6 Å². The first-order valence-electron chi connectivity index (χ1n) is 7.44. The number of rotatable bonds is 5. The molecule has 0 N–H and O–H groups in total. The van der Waals surface area contributed by atoms with E-state index in [1.807, 2.05) is 30.3 Å². The molecule has 0 saturated heterocycles. The summed E-state index contributed by atoms with van der Waals surface area (Å²) < 4.78 is 20.4. The van der Waals surface area contributed by atoms with Gasteiger partial charge in [0.15, 0.2) is 5.69 Å². The summed E-state index contributed by atoms with van der Waals surface area (Å²) >= 11 is 0. The minimum atomic E-state index is -0.652. The number of aromatic nitrogens is 1. The van der Waals surface area contributed by atoms with Gasteiger partial charge in [0.1, 0.15) is 12.4 Å². The molecule has 0 bridgehead atoms. The summed E-state index contributed by atoms with van der Waals surface area (Å²) in [6, 6.07) is 10.8. The lowest BCUT2D eigenvalue weighted by Gasteiger charge is -2.03. The van der Waals surface area contributed by atoms with E-state index in [-0.39, 0.29) is 18.1 Å². The van der Waals surface area contributed by atoms with Gasteiger partial charge in [0.2, 0.25) is 11.7 Å². The van der Waals surface area contributed by atoms with E-state index in [4.69, 9.17) is 13.6 Å². The van der Waals surface area contributed by atoms with Gasteiger partial charge in [-0.15, -0.1) is 0 Å². The van der Waals surface area contributed by atoms with E-state index < -0.39 is 11.9 Å². The summed E-state index contributed by atoms with van der Waals surface area (Å²) in [5, 5.41) is 0. The van der Waals surface area contributed by atoms with Crippen LogP contribution in [0.2, 0.25) is 0 Å². The molecule has 0 spiro atoms. The Balaban J connectivity index is 1.73. The second-order valence-corrected chi connectivity index (χ2v) is 5.13. The third kappa shape index (κ3) is 3.45. The van der Waals surface area contributed by atoms with Gasteiger partial charge in [-0.1, -0.05) is 18.2 Å². The summed E-state index contributed by atoms with van der Waals surface area (Å²) in [5.74, 6) is -0.606. The van der Waals surface area contributed by atoms with Gasteiger partial charge < -0.3 is 18.3 Å². The van der Waals surface area contributed by atoms with Crippen molar-refractivity contribution in [1.29, 1.82) is 0 Å². The number of nitrogens with zero attached hydrogens (tertiary/aromatic N) is 1. The Hall–Kier alpha value is -3.35. The first kappa shape index (κ1) is 16.5. The van der Waals surface area contributed by atoms with Crippen molar-refractivity contribution in [3.8, 4) is 11.5 Å². The Morgan fingerprint density at radius 1 is 1.12 bits per heavy atom. The zero-order chi connectivity index (χ0) is 17.8. The van der Waals surface area contributed by atoms with Crippen LogP contribution in [0.5, 0.6) is 0 Å². The second-order valence-electron chi connectivity index (χ2n) is 5.13. The van der Waals surface area contributed by atoms with Gasteiger partial charge >= 0.3 is 11.9 Å². The summed E-state index contributed by atoms with van der Waals surface area (Å²) in [7, 11) is 1.24. The maximum Gasteiger partial charge on any atom is 0.374 e. The van der Waals surface area contributed by atoms with E-state index in [1.54, 1.807) is 6.92 Å². The fourth-order valence-corrected chi connectivity index (χ4v) is 2.22. The van der Waals surface area contributed by atoms with E-state index in [0.717, 1.165) is 5.56 Å². The van der Waals surface area contributed by atoms with Crippen LogP contribution in [0, 0.1) is 6.92 Å². The molecule has 3 rings (SSSR count). The molecule has 0 fully saturated rings. The number of esters is 2. The molecule has 0 unspecified atom stereocenters. The van der Waals surface area contributed by atoms with Crippen LogP contribution in [0.3, 0.4) is 0 Å². The van der Waals surface area contributed by atoms with Crippen molar-refractivity contribution < 1.29 is 27.9 Å². The second kappa shape index (κ2) is 7.04. The van der Waals surface area contributed by atoms with Crippen molar-refractivity contribution in [3.05, 3.63) is 65.4 Å². The molecule has 0 aliphatic carbocycles. The third-order valence-electron chi connectivity index (χ3n) is 3.49. The summed E-state index contributed by atoms with van der Waals surface area (Å²) in [6.45, 7) is 1.49. The molecule has 0 atom stereocenters. The molecular weight excluding hydrogens is 326 g/mol. The number of oxazole rings is 1. The lowest BCUT2D eigenvalue weighted by molar-refractivity contribution is 0.0446. The number of hydrogen-bond acceptors (Lipinski definition) is 7. The molecule has 0 aliphatic rings. The Bertz CT molecular complexity index is 893. The molecule has 2 aromatic heterocycles. The fourth-order valence-electron chi connectivity index (χ4n) is 2.22. The molecule has 1 aromatic carbocycles. The molecule has 7 nitrogen and oxygen atoms in total. The molecule has 0 aliphatic heterocycles. The predicted molar refractivity (Wildman–Crippen MR) is 85.8 cm³/mol. The number of furan rings is 1. The Morgan fingerprint density at radius 2 is 1.88 bits per heavy atom. The topological polar surface area (TPSA) is 91.8 Å². The van der Waals surface area contributed by atoms with E-state index in [2.05, 4.69) is 9.72 Å². The van der Waals surface area contributed by atoms with Gasteiger partial charge in [0.05, 0.1) is 13.4 Å². The maximum atomic E-state index is 12.3. The highest BCUT2D eigenvalue weighted by molar-refractivity contribution is 5.90. The highest BCUT2D eigenvalue weighted by atomic mass is 16.5. The van der Waals surface area contributed by atoms with Gasteiger partial charge in [-0.3, -0.25) is 0 Å². The van der Waals surface area contributed by atoms with Crippen LogP contribution in [0.4, 0.5) is 0 Å². The molecule has 3 aromatic rings. The quantitative estimate of drug-likeness (QED) is 0.657. The Labute approximate surface area is 143 Å². The molecule has 7 heteroatoms. The monoisotopic (exact) mass is 341 g/mol. The van der Waals surface area contributed by atoms with Crippen LogP contribution >= 0.6 is 0 Å². The van der Waals surface area contributed by atoms with Crippen LogP contribution in [0.1, 0.15) is 32.4 Å². The predicted octanol–water partition coefficient (Wildman–Crippen LogP) is 3.39. The van der Waals surface area contributed by atoms with Crippen molar-refractivity contribution >= 4 is 11.9 Å². The highest BCUT2D eigenvalue weighted by Gasteiger charge is 2.22. The molecular formula is C18H15NO6. The van der Waals surface area contributed by atoms with Crippen LogP contribution in [0.25, 0.3) is 11.5 Å². The first-order chi connectivity index (χ1) is 12.1. The average molecular weight is 341 g/mol. The third-order valence-corrected chi connectivity index (χ3v) is 3.49. The largest absolute Gasteiger partial charge is 0.463 e. The number of hydrogen-bond donors (Lipinski definition) is 0. The van der Waals surface area contributed by atoms with Crippen molar-refractivity contribution in [3.63, 3.8) is 0 Å². The van der Waals surface area contributed by atoms with Crippen LogP contribution < -0.4 is 0 Å². The van der Waals surface area contributed by atoms with Crippen LogP contribution in [-0.4, -0.2) is 24.0 Å². The summed E-state index contributed by atoms with van der Waals surface area (Å²) in [6.07, 6.45) is 1.32. The van der Waals surface area contributed by atoms with Crippen LogP contribution in [-0.2, 0) is 16.1 Å². The molecule has 2 heterocycles. The smallest absolute Gasteiger partial charge is 0.374 e. The maximum absolute atomic E-state index is 12.3. The lowest BCUT2D eigenvalue weighted by atomic mass is 10.2. The molecule has 25 heavy (non-hydrogen) atoms. The molecule has 0 radical (unpaired) electrons. The number of benzene rings is 1. The van der Waals surface area contributed by atoms with Crippen molar-refractivity contribution in [1.82, 2.24) is 4.98 Å². The van der Waals surface area contributed by atoms with Gasteiger partial charge in [0.25, 0.3) is 0 Å². The van der Waals surface area contributed by atoms with Crippen molar-refractivity contribution in [2.45, 2.75) is 13.5 Å². The fraction of sp³-hybridized carbons (Fsp3) is 0.167. The Morgan fingerprint density at radius 3 is 2.60 bits per heavy atom. The molecule has 0 amide bonds. The van der Waals surface area contributed by atoms with Gasteiger partial charge in [0, 0.05) is 11.1 Å². The van der Waals surface area contributed by atoms with E-state index >= 15 is 0 Å². The average Bonchev–Trinajstić information content (AvgIpc) is 3.26. The summed E-state index contributed by atoms with van der Waals surface area (Å²) in [4.78, 5) is 28.0. The minimum Gasteiger partial charge on any atom is -0.463 e. The van der Waals surface area contributed by atoms with Crippen LogP contribution in [0.15, 0.2) is 51.5 Å². The minimum absolute atomic E-state index is 0.00264. The number of methoxy groups -OCH3 is 1. The summed E-state index contributed by atoms with van der Waals surface area (Å²) in [5.41, 5.74) is 1.25. The molecule has 0 saturated carbocycles. The van der Waals surface area contributed by atoms with E-state index in [1.165, 1.54) is 19.4 Å².